The van der Waals surface area contributed by atoms with Gasteiger partial charge in [0.2, 0.25) is 5.91 Å². The van der Waals surface area contributed by atoms with Crippen molar-refractivity contribution in [1.29, 1.82) is 0 Å². The number of nitrogens with two attached hydrogens (primary N) is 1. The summed E-state index contributed by atoms with van der Waals surface area (Å²) >= 11 is 1.29. The van der Waals surface area contributed by atoms with Crippen molar-refractivity contribution in [2.45, 2.75) is 23.4 Å². The number of benzene rings is 2. The largest absolute Gasteiger partial charge is 0.493 e. The van der Waals surface area contributed by atoms with Gasteiger partial charge in [-0.15, -0.1) is 10.2 Å². The summed E-state index contributed by atoms with van der Waals surface area (Å²) in [6.07, 6.45) is 0.759. The van der Waals surface area contributed by atoms with Gasteiger partial charge in [-0.1, -0.05) is 42.1 Å². The van der Waals surface area contributed by atoms with Crippen LogP contribution in [0.1, 0.15) is 17.2 Å². The molecule has 0 aliphatic heterocycles. The topological polar surface area (TPSA) is 101 Å². The van der Waals surface area contributed by atoms with Crippen LogP contribution in [0.5, 0.6) is 11.5 Å². The number of methoxy groups -OCH3 is 3. The maximum absolute atomic E-state index is 12.2. The number of hydrogen-bond donors (Lipinski definition) is 1. The van der Waals surface area contributed by atoms with Gasteiger partial charge in [0.15, 0.2) is 22.5 Å². The molecule has 1 heterocycles. The Kier molecular flexibility index (Phi) is 7.91. The predicted molar refractivity (Wildman–Crippen MR) is 119 cm³/mol. The van der Waals surface area contributed by atoms with E-state index in [-0.39, 0.29) is 0 Å². The minimum atomic E-state index is -0.579. The lowest BCUT2D eigenvalue weighted by Crippen LogP contribution is -2.19. The molecule has 0 aliphatic rings. The van der Waals surface area contributed by atoms with E-state index in [0.29, 0.717) is 35.6 Å². The number of rotatable bonds is 11. The zero-order valence-electron chi connectivity index (χ0n) is 17.8. The zero-order chi connectivity index (χ0) is 22.2. The molecule has 0 spiro atoms. The molecule has 0 aliphatic carbocycles. The standard InChI is InChI=1S/C22H26N4O4S/c1-28-13-7-12-26-21(16-10-11-17(29-2)18(14-16)30-3)24-25-22(26)31-19(20(23)27)15-8-5-4-6-9-15/h4-6,8-11,14,19H,7,12-13H2,1-3H3,(H2,23,27). The Labute approximate surface area is 185 Å². The van der Waals surface area contributed by atoms with E-state index < -0.39 is 11.2 Å². The monoisotopic (exact) mass is 442 g/mol. The summed E-state index contributed by atoms with van der Waals surface area (Å²) in [5.74, 6) is 1.45. The van der Waals surface area contributed by atoms with E-state index in [1.807, 2.05) is 53.1 Å². The highest BCUT2D eigenvalue weighted by Gasteiger charge is 2.24. The molecule has 1 amide bonds. The van der Waals surface area contributed by atoms with Gasteiger partial charge in [-0.25, -0.2) is 0 Å². The third kappa shape index (κ3) is 5.36. The van der Waals surface area contributed by atoms with E-state index in [1.54, 1.807) is 21.3 Å². The van der Waals surface area contributed by atoms with Gasteiger partial charge < -0.3 is 24.5 Å². The van der Waals surface area contributed by atoms with Crippen molar-refractivity contribution in [3.8, 4) is 22.9 Å². The van der Waals surface area contributed by atoms with Gasteiger partial charge in [0, 0.05) is 25.8 Å². The lowest BCUT2D eigenvalue weighted by molar-refractivity contribution is -0.117. The second kappa shape index (κ2) is 10.8. The second-order valence-corrected chi connectivity index (χ2v) is 7.76. The third-order valence-corrected chi connectivity index (χ3v) is 5.93. The highest BCUT2D eigenvalue weighted by atomic mass is 32.2. The number of aromatic nitrogens is 3. The third-order valence-electron chi connectivity index (χ3n) is 4.67. The van der Waals surface area contributed by atoms with Crippen LogP contribution in [-0.4, -0.2) is 48.6 Å². The lowest BCUT2D eigenvalue weighted by Gasteiger charge is -2.15. The normalized spacial score (nSPS) is 11.8. The van der Waals surface area contributed by atoms with E-state index in [9.17, 15) is 4.79 Å². The van der Waals surface area contributed by atoms with Crippen molar-refractivity contribution < 1.29 is 19.0 Å². The number of ether oxygens (including phenoxy) is 3. The van der Waals surface area contributed by atoms with Gasteiger partial charge >= 0.3 is 0 Å². The molecule has 2 N–H and O–H groups in total. The molecule has 0 bridgehead atoms. The number of primary amides is 1. The Bertz CT molecular complexity index is 1010. The van der Waals surface area contributed by atoms with E-state index in [4.69, 9.17) is 19.9 Å². The van der Waals surface area contributed by atoms with Crippen LogP contribution < -0.4 is 15.2 Å². The van der Waals surface area contributed by atoms with Crippen LogP contribution in [0.25, 0.3) is 11.4 Å². The molecular formula is C22H26N4O4S. The summed E-state index contributed by atoms with van der Waals surface area (Å²) in [6, 6.07) is 15.0. The maximum Gasteiger partial charge on any atom is 0.235 e. The number of amides is 1. The summed E-state index contributed by atoms with van der Waals surface area (Å²) < 4.78 is 17.9. The van der Waals surface area contributed by atoms with E-state index >= 15 is 0 Å². The minimum Gasteiger partial charge on any atom is -0.493 e. The molecule has 1 aromatic heterocycles. The Hall–Kier alpha value is -3.04. The number of carbonyl (C=O) groups is 1. The number of hydrogen-bond acceptors (Lipinski definition) is 7. The first-order chi connectivity index (χ1) is 15.1. The first-order valence-corrected chi connectivity index (χ1v) is 10.6. The molecule has 0 saturated heterocycles. The van der Waals surface area contributed by atoms with Crippen LogP contribution in [0.2, 0.25) is 0 Å². The summed E-state index contributed by atoms with van der Waals surface area (Å²) in [4.78, 5) is 12.2. The van der Waals surface area contributed by atoms with Gasteiger partial charge in [0.1, 0.15) is 5.25 Å². The van der Waals surface area contributed by atoms with Gasteiger partial charge in [0.25, 0.3) is 0 Å². The predicted octanol–water partition coefficient (Wildman–Crippen LogP) is 3.32. The average molecular weight is 443 g/mol. The fourth-order valence-electron chi connectivity index (χ4n) is 3.16. The van der Waals surface area contributed by atoms with Gasteiger partial charge in [-0.05, 0) is 30.2 Å². The van der Waals surface area contributed by atoms with Crippen molar-refractivity contribution in [2.24, 2.45) is 5.73 Å². The summed E-state index contributed by atoms with van der Waals surface area (Å²) in [7, 11) is 4.84. The van der Waals surface area contributed by atoms with Crippen LogP contribution in [0.15, 0.2) is 53.7 Å². The van der Waals surface area contributed by atoms with Gasteiger partial charge in [-0.3, -0.25) is 4.79 Å². The Morgan fingerprint density at radius 3 is 2.45 bits per heavy atom. The molecule has 0 radical (unpaired) electrons. The smallest absolute Gasteiger partial charge is 0.235 e. The highest BCUT2D eigenvalue weighted by Crippen LogP contribution is 2.37. The first-order valence-electron chi connectivity index (χ1n) is 9.74. The van der Waals surface area contributed by atoms with Gasteiger partial charge in [-0.2, -0.15) is 0 Å². The fourth-order valence-corrected chi connectivity index (χ4v) is 4.17. The van der Waals surface area contributed by atoms with E-state index in [2.05, 4.69) is 10.2 Å². The molecule has 164 valence electrons. The summed E-state index contributed by atoms with van der Waals surface area (Å²) in [6.45, 7) is 1.21. The second-order valence-electron chi connectivity index (χ2n) is 6.68. The molecule has 2 aromatic carbocycles. The molecule has 0 fully saturated rings. The van der Waals surface area contributed by atoms with Crippen molar-refractivity contribution in [3.05, 3.63) is 54.1 Å². The van der Waals surface area contributed by atoms with Gasteiger partial charge in [0.05, 0.1) is 14.2 Å². The number of thioether (sulfide) groups is 1. The Morgan fingerprint density at radius 2 is 1.81 bits per heavy atom. The van der Waals surface area contributed by atoms with Crippen molar-refractivity contribution in [2.75, 3.05) is 27.9 Å². The minimum absolute atomic E-state index is 0.435. The highest BCUT2D eigenvalue weighted by molar-refractivity contribution is 8.00. The summed E-state index contributed by atoms with van der Waals surface area (Å²) in [5.41, 5.74) is 7.35. The van der Waals surface area contributed by atoms with Crippen LogP contribution in [0.3, 0.4) is 0 Å². The molecule has 9 heteroatoms. The quantitative estimate of drug-likeness (QED) is 0.359. The van der Waals surface area contributed by atoms with E-state index in [0.717, 1.165) is 17.5 Å². The number of nitrogens with zero attached hydrogens (tertiary/aromatic N) is 3. The maximum atomic E-state index is 12.2. The molecule has 0 saturated carbocycles. The lowest BCUT2D eigenvalue weighted by atomic mass is 10.1. The van der Waals surface area contributed by atoms with Crippen LogP contribution >= 0.6 is 11.8 Å². The molecule has 31 heavy (non-hydrogen) atoms. The molecular weight excluding hydrogens is 416 g/mol. The van der Waals surface area contributed by atoms with E-state index in [1.165, 1.54) is 11.8 Å². The van der Waals surface area contributed by atoms with Crippen molar-refractivity contribution in [3.63, 3.8) is 0 Å². The van der Waals surface area contributed by atoms with Crippen LogP contribution in [0, 0.1) is 0 Å². The molecule has 1 atom stereocenters. The van der Waals surface area contributed by atoms with Crippen molar-refractivity contribution >= 4 is 17.7 Å². The molecule has 3 aromatic rings. The Balaban J connectivity index is 1.99. The summed E-state index contributed by atoms with van der Waals surface area (Å²) in [5, 5.41) is 8.80. The Morgan fingerprint density at radius 1 is 1.06 bits per heavy atom. The number of carbonyl (C=O) groups excluding carboxylic acids is 1. The zero-order valence-corrected chi connectivity index (χ0v) is 18.6. The van der Waals surface area contributed by atoms with Crippen LogP contribution in [-0.2, 0) is 16.1 Å². The van der Waals surface area contributed by atoms with Crippen LogP contribution in [0.4, 0.5) is 0 Å². The average Bonchev–Trinajstić information content (AvgIpc) is 3.20. The first kappa shape index (κ1) is 22.6. The van der Waals surface area contributed by atoms with Crippen molar-refractivity contribution in [1.82, 2.24) is 14.8 Å². The molecule has 1 unspecified atom stereocenters. The molecule has 8 nitrogen and oxygen atoms in total. The molecule has 3 rings (SSSR count). The fraction of sp³-hybridized carbons (Fsp3) is 0.318. The SMILES string of the molecule is COCCCn1c(SC(C(N)=O)c2ccccc2)nnc1-c1ccc(OC)c(OC)c1.